The summed E-state index contributed by atoms with van der Waals surface area (Å²) in [6, 6.07) is 9.85. The number of rotatable bonds is 7. The Hall–Kier alpha value is -3.72. The first-order valence-corrected chi connectivity index (χ1v) is 10.9. The summed E-state index contributed by atoms with van der Waals surface area (Å²) < 4.78 is 5.44. The molecular weight excluding hydrogens is 420 g/mol. The second kappa shape index (κ2) is 9.41. The van der Waals surface area contributed by atoms with E-state index in [1.165, 1.54) is 5.69 Å². The standard InChI is InChI=1S/C24H30N6O3/c1-14-12-18(4-5-19(14)30-6-8-33-9-7-30)27-24-20(22(25)32)23(28-29-24)26-13-17-10-15(2)21(31)16(3)11-17/h4-5,10-12,31H,6-9,13H2,1-3H3,(H2,25,32)(H3,26,27,28,29). The number of aromatic amines is 1. The van der Waals surface area contributed by atoms with Gasteiger partial charge >= 0.3 is 0 Å². The molecule has 9 nitrogen and oxygen atoms in total. The van der Waals surface area contributed by atoms with Crippen LogP contribution in [0.15, 0.2) is 30.3 Å². The highest BCUT2D eigenvalue weighted by atomic mass is 16.5. The van der Waals surface area contributed by atoms with Gasteiger partial charge in [-0.15, -0.1) is 0 Å². The second-order valence-corrected chi connectivity index (χ2v) is 8.34. The van der Waals surface area contributed by atoms with Gasteiger partial charge in [-0.25, -0.2) is 0 Å². The number of ether oxygens (including phenoxy) is 1. The SMILES string of the molecule is Cc1cc(Nc2n[nH]c(NCc3cc(C)c(O)c(C)c3)c2C(N)=O)ccc1N1CCOCC1. The van der Waals surface area contributed by atoms with Crippen molar-refractivity contribution in [2.75, 3.05) is 41.8 Å². The lowest BCUT2D eigenvalue weighted by molar-refractivity contribution is 0.100. The minimum Gasteiger partial charge on any atom is -0.507 e. The van der Waals surface area contributed by atoms with E-state index >= 15 is 0 Å². The molecular formula is C24H30N6O3. The van der Waals surface area contributed by atoms with Crippen LogP contribution >= 0.6 is 0 Å². The van der Waals surface area contributed by atoms with Crippen LogP contribution in [-0.4, -0.2) is 47.5 Å². The molecule has 33 heavy (non-hydrogen) atoms. The predicted octanol–water partition coefficient (Wildman–Crippen LogP) is 3.33. The van der Waals surface area contributed by atoms with E-state index in [-0.39, 0.29) is 5.56 Å². The van der Waals surface area contributed by atoms with Crippen molar-refractivity contribution in [2.45, 2.75) is 27.3 Å². The van der Waals surface area contributed by atoms with E-state index in [0.717, 1.165) is 54.2 Å². The van der Waals surface area contributed by atoms with Gasteiger partial charge in [0, 0.05) is 31.0 Å². The van der Waals surface area contributed by atoms with E-state index in [1.807, 2.05) is 38.1 Å². The van der Waals surface area contributed by atoms with Crippen LogP contribution in [0.1, 0.15) is 32.6 Å². The van der Waals surface area contributed by atoms with Gasteiger partial charge in [0.1, 0.15) is 17.1 Å². The molecule has 1 saturated heterocycles. The zero-order valence-electron chi connectivity index (χ0n) is 19.2. The Labute approximate surface area is 192 Å². The maximum absolute atomic E-state index is 12.2. The van der Waals surface area contributed by atoms with Crippen LogP contribution in [0.25, 0.3) is 0 Å². The number of benzene rings is 2. The molecule has 0 bridgehead atoms. The first-order chi connectivity index (χ1) is 15.8. The molecule has 0 atom stereocenters. The number of anilines is 4. The van der Waals surface area contributed by atoms with Crippen molar-refractivity contribution in [3.05, 3.63) is 58.1 Å². The van der Waals surface area contributed by atoms with Gasteiger partial charge in [0.15, 0.2) is 5.82 Å². The van der Waals surface area contributed by atoms with Crippen LogP contribution in [-0.2, 0) is 11.3 Å². The van der Waals surface area contributed by atoms with Gasteiger partial charge < -0.3 is 31.1 Å². The number of primary amides is 1. The quantitative estimate of drug-likeness (QED) is 0.373. The summed E-state index contributed by atoms with van der Waals surface area (Å²) in [5.74, 6) is 0.504. The summed E-state index contributed by atoms with van der Waals surface area (Å²) in [6.45, 7) is 9.40. The highest BCUT2D eigenvalue weighted by Gasteiger charge is 2.20. The number of aryl methyl sites for hydroxylation is 3. The predicted molar refractivity (Wildman–Crippen MR) is 130 cm³/mol. The lowest BCUT2D eigenvalue weighted by Gasteiger charge is -2.30. The highest BCUT2D eigenvalue weighted by molar-refractivity contribution is 6.03. The zero-order chi connectivity index (χ0) is 23.5. The smallest absolute Gasteiger partial charge is 0.256 e. The number of carbonyl (C=O) groups excluding carboxylic acids is 1. The maximum atomic E-state index is 12.2. The van der Waals surface area contributed by atoms with Crippen LogP contribution < -0.4 is 21.3 Å². The van der Waals surface area contributed by atoms with Crippen molar-refractivity contribution in [1.29, 1.82) is 0 Å². The number of phenols is 1. The van der Waals surface area contributed by atoms with Crippen molar-refractivity contribution in [3.63, 3.8) is 0 Å². The van der Waals surface area contributed by atoms with Crippen LogP contribution in [0.4, 0.5) is 23.0 Å². The Morgan fingerprint density at radius 3 is 2.48 bits per heavy atom. The molecule has 1 aliphatic rings. The number of nitrogens with two attached hydrogens (primary N) is 1. The van der Waals surface area contributed by atoms with Gasteiger partial charge in [-0.3, -0.25) is 9.89 Å². The number of phenolic OH excluding ortho intramolecular Hbond substituents is 1. The van der Waals surface area contributed by atoms with Crippen molar-refractivity contribution in [2.24, 2.45) is 5.73 Å². The molecule has 1 amide bonds. The van der Waals surface area contributed by atoms with Gasteiger partial charge in [0.05, 0.1) is 13.2 Å². The normalized spacial score (nSPS) is 13.7. The third-order valence-corrected chi connectivity index (χ3v) is 5.84. The van der Waals surface area contributed by atoms with Crippen LogP contribution in [0.5, 0.6) is 5.75 Å². The third kappa shape index (κ3) is 4.88. The number of carbonyl (C=O) groups is 1. The Bertz CT molecular complexity index is 1140. The molecule has 1 aromatic heterocycles. The Morgan fingerprint density at radius 1 is 1.15 bits per heavy atom. The monoisotopic (exact) mass is 450 g/mol. The molecule has 1 aliphatic heterocycles. The summed E-state index contributed by atoms with van der Waals surface area (Å²) in [7, 11) is 0. The van der Waals surface area contributed by atoms with Crippen LogP contribution in [0, 0.1) is 20.8 Å². The lowest BCUT2D eigenvalue weighted by atomic mass is 10.1. The van der Waals surface area contributed by atoms with Crippen molar-refractivity contribution < 1.29 is 14.6 Å². The number of amides is 1. The van der Waals surface area contributed by atoms with E-state index in [1.54, 1.807) is 0 Å². The number of aromatic hydroxyl groups is 1. The molecule has 9 heteroatoms. The number of hydrogen-bond acceptors (Lipinski definition) is 7. The van der Waals surface area contributed by atoms with E-state index in [2.05, 4.69) is 38.7 Å². The number of nitrogens with zero attached hydrogens (tertiary/aromatic N) is 2. The fourth-order valence-electron chi connectivity index (χ4n) is 4.17. The molecule has 0 spiro atoms. The topological polar surface area (TPSA) is 129 Å². The number of morpholine rings is 1. The average molecular weight is 451 g/mol. The van der Waals surface area contributed by atoms with Gasteiger partial charge in [-0.1, -0.05) is 12.1 Å². The summed E-state index contributed by atoms with van der Waals surface area (Å²) in [6.07, 6.45) is 0. The van der Waals surface area contributed by atoms with Crippen LogP contribution in [0.3, 0.4) is 0 Å². The van der Waals surface area contributed by atoms with Gasteiger partial charge in [-0.2, -0.15) is 5.10 Å². The molecule has 6 N–H and O–H groups in total. The summed E-state index contributed by atoms with van der Waals surface area (Å²) >= 11 is 0. The molecule has 0 saturated carbocycles. The summed E-state index contributed by atoms with van der Waals surface area (Å²) in [5.41, 5.74) is 11.6. The van der Waals surface area contributed by atoms with Crippen LogP contribution in [0.2, 0.25) is 0 Å². The van der Waals surface area contributed by atoms with Gasteiger partial charge in [0.25, 0.3) is 5.91 Å². The first kappa shape index (κ1) is 22.5. The van der Waals surface area contributed by atoms with E-state index in [9.17, 15) is 9.90 Å². The zero-order valence-corrected chi connectivity index (χ0v) is 19.2. The molecule has 1 fully saturated rings. The highest BCUT2D eigenvalue weighted by Crippen LogP contribution is 2.29. The van der Waals surface area contributed by atoms with Gasteiger partial charge in [0.2, 0.25) is 0 Å². The second-order valence-electron chi connectivity index (χ2n) is 8.34. The molecule has 0 radical (unpaired) electrons. The fourth-order valence-corrected chi connectivity index (χ4v) is 4.17. The largest absolute Gasteiger partial charge is 0.507 e. The molecule has 0 aliphatic carbocycles. The number of hydrogen-bond donors (Lipinski definition) is 5. The minimum atomic E-state index is -0.589. The lowest BCUT2D eigenvalue weighted by Crippen LogP contribution is -2.36. The Kier molecular flexibility index (Phi) is 6.41. The molecule has 3 aromatic rings. The van der Waals surface area contributed by atoms with Crippen molar-refractivity contribution >= 4 is 28.9 Å². The Morgan fingerprint density at radius 2 is 1.85 bits per heavy atom. The van der Waals surface area contributed by atoms with E-state index < -0.39 is 5.91 Å². The molecule has 4 rings (SSSR count). The third-order valence-electron chi connectivity index (χ3n) is 5.84. The summed E-state index contributed by atoms with van der Waals surface area (Å²) in [5, 5.41) is 23.5. The van der Waals surface area contributed by atoms with Crippen molar-refractivity contribution in [1.82, 2.24) is 10.2 Å². The Balaban J connectivity index is 1.51. The number of nitrogens with one attached hydrogen (secondary N) is 3. The molecule has 174 valence electrons. The molecule has 0 unspecified atom stereocenters. The number of aromatic nitrogens is 2. The summed E-state index contributed by atoms with van der Waals surface area (Å²) in [4.78, 5) is 14.5. The van der Waals surface area contributed by atoms with E-state index in [0.29, 0.717) is 23.9 Å². The average Bonchev–Trinajstić information content (AvgIpc) is 3.19. The molecule has 2 heterocycles. The fraction of sp³-hybridized carbons (Fsp3) is 0.333. The van der Waals surface area contributed by atoms with Crippen molar-refractivity contribution in [3.8, 4) is 5.75 Å². The molecule has 2 aromatic carbocycles. The first-order valence-electron chi connectivity index (χ1n) is 10.9. The minimum absolute atomic E-state index is 0.261. The van der Waals surface area contributed by atoms with Gasteiger partial charge in [-0.05, 0) is 61.2 Å². The maximum Gasteiger partial charge on any atom is 0.256 e. The van der Waals surface area contributed by atoms with E-state index in [4.69, 9.17) is 10.5 Å². The number of H-pyrrole nitrogens is 1.